The molecule has 0 heterocycles. The highest BCUT2D eigenvalue weighted by Crippen LogP contribution is 2.32. The third-order valence-corrected chi connectivity index (χ3v) is 3.46. The smallest absolute Gasteiger partial charge is 0.123 e. The summed E-state index contributed by atoms with van der Waals surface area (Å²) in [5.74, 6) is 0.962. The fourth-order valence-electron chi connectivity index (χ4n) is 2.38. The van der Waals surface area contributed by atoms with E-state index in [2.05, 4.69) is 65.1 Å². The van der Waals surface area contributed by atoms with Gasteiger partial charge in [0, 0.05) is 12.1 Å². The fraction of sp³-hybridized carbons (Fsp3) is 0.667. The van der Waals surface area contributed by atoms with Crippen LogP contribution in [0.25, 0.3) is 0 Å². The summed E-state index contributed by atoms with van der Waals surface area (Å²) >= 11 is 0. The Balaban J connectivity index is 2.68. The molecule has 0 spiro atoms. The Bertz CT molecular complexity index is 435. The summed E-state index contributed by atoms with van der Waals surface area (Å²) in [5, 5.41) is 12.7. The molecule has 1 aromatic rings. The third-order valence-electron chi connectivity index (χ3n) is 3.46. The number of nitrogens with one attached hydrogen (secondary N) is 1. The van der Waals surface area contributed by atoms with Crippen molar-refractivity contribution in [3.8, 4) is 5.75 Å². The van der Waals surface area contributed by atoms with Gasteiger partial charge >= 0.3 is 0 Å². The van der Waals surface area contributed by atoms with Crippen LogP contribution < -0.4 is 10.1 Å². The minimum absolute atomic E-state index is 0.0651. The lowest BCUT2D eigenvalue weighted by Crippen LogP contribution is -2.38. The molecular weight excluding hydrogens is 262 g/mol. The molecule has 1 aromatic carbocycles. The monoisotopic (exact) mass is 293 g/mol. The maximum atomic E-state index is 9.38. The van der Waals surface area contributed by atoms with E-state index >= 15 is 0 Å². The molecule has 0 bridgehead atoms. The van der Waals surface area contributed by atoms with E-state index in [1.54, 1.807) is 0 Å². The molecule has 0 aromatic heterocycles. The Kier molecular flexibility index (Phi) is 6.69. The predicted molar refractivity (Wildman–Crippen MR) is 89.1 cm³/mol. The molecule has 1 atom stereocenters. The maximum Gasteiger partial charge on any atom is 0.123 e. The van der Waals surface area contributed by atoms with Gasteiger partial charge in [-0.1, -0.05) is 46.8 Å². The largest absolute Gasteiger partial charge is 0.493 e. The average molecular weight is 293 g/mol. The SMILES string of the molecule is Cc1ccc(C(C)(C)C)c(OCCC(CO)NC(C)C)c1. The third kappa shape index (κ3) is 6.06. The molecule has 0 aliphatic rings. The van der Waals surface area contributed by atoms with Crippen molar-refractivity contribution < 1.29 is 9.84 Å². The van der Waals surface area contributed by atoms with Crippen molar-refractivity contribution in [3.63, 3.8) is 0 Å². The van der Waals surface area contributed by atoms with Crippen molar-refractivity contribution in [2.45, 2.75) is 65.5 Å². The van der Waals surface area contributed by atoms with Crippen LogP contribution in [0, 0.1) is 6.92 Å². The number of ether oxygens (including phenoxy) is 1. The number of hydrogen-bond acceptors (Lipinski definition) is 3. The second-order valence-corrected chi connectivity index (χ2v) is 7.09. The fourth-order valence-corrected chi connectivity index (χ4v) is 2.38. The van der Waals surface area contributed by atoms with Gasteiger partial charge in [0.05, 0.1) is 13.2 Å². The lowest BCUT2D eigenvalue weighted by molar-refractivity contribution is 0.201. The van der Waals surface area contributed by atoms with Gasteiger partial charge < -0.3 is 15.2 Å². The van der Waals surface area contributed by atoms with Crippen LogP contribution in [0.5, 0.6) is 5.75 Å². The van der Waals surface area contributed by atoms with Gasteiger partial charge in [0.15, 0.2) is 0 Å². The summed E-state index contributed by atoms with van der Waals surface area (Å²) in [4.78, 5) is 0. The molecule has 0 aliphatic heterocycles. The van der Waals surface area contributed by atoms with E-state index < -0.39 is 0 Å². The number of aliphatic hydroxyl groups excluding tert-OH is 1. The lowest BCUT2D eigenvalue weighted by atomic mass is 9.86. The van der Waals surface area contributed by atoms with E-state index in [9.17, 15) is 5.11 Å². The molecule has 2 N–H and O–H groups in total. The van der Waals surface area contributed by atoms with Crippen LogP contribution in [-0.4, -0.2) is 30.4 Å². The molecule has 21 heavy (non-hydrogen) atoms. The first kappa shape index (κ1) is 18.0. The summed E-state index contributed by atoms with van der Waals surface area (Å²) in [6, 6.07) is 6.84. The van der Waals surface area contributed by atoms with Crippen LogP contribution >= 0.6 is 0 Å². The number of rotatable bonds is 7. The van der Waals surface area contributed by atoms with Crippen molar-refractivity contribution in [3.05, 3.63) is 29.3 Å². The number of aryl methyl sites for hydroxylation is 1. The van der Waals surface area contributed by atoms with Crippen LogP contribution in [-0.2, 0) is 5.41 Å². The Hall–Kier alpha value is -1.06. The van der Waals surface area contributed by atoms with E-state index in [0.29, 0.717) is 12.6 Å². The molecule has 0 amide bonds. The van der Waals surface area contributed by atoms with Gasteiger partial charge in [0.1, 0.15) is 5.75 Å². The highest BCUT2D eigenvalue weighted by Gasteiger charge is 2.19. The van der Waals surface area contributed by atoms with Gasteiger partial charge in [-0.2, -0.15) is 0 Å². The summed E-state index contributed by atoms with van der Waals surface area (Å²) in [7, 11) is 0. The molecular formula is C18H31NO2. The molecule has 120 valence electrons. The second kappa shape index (κ2) is 7.81. The number of aliphatic hydroxyl groups is 1. The van der Waals surface area contributed by atoms with Gasteiger partial charge in [-0.25, -0.2) is 0 Å². The lowest BCUT2D eigenvalue weighted by Gasteiger charge is -2.24. The number of hydrogen-bond donors (Lipinski definition) is 2. The molecule has 0 radical (unpaired) electrons. The van der Waals surface area contributed by atoms with E-state index in [1.807, 2.05) is 0 Å². The second-order valence-electron chi connectivity index (χ2n) is 7.09. The minimum Gasteiger partial charge on any atom is -0.493 e. The van der Waals surface area contributed by atoms with Gasteiger partial charge in [-0.05, 0) is 36.0 Å². The summed E-state index contributed by atoms with van der Waals surface area (Å²) < 4.78 is 6.01. The Morgan fingerprint density at radius 2 is 1.90 bits per heavy atom. The standard InChI is InChI=1S/C18H31NO2/c1-13(2)19-15(12-20)9-10-21-17-11-14(3)7-8-16(17)18(4,5)6/h7-8,11,13,15,19-20H,9-10,12H2,1-6H3. The minimum atomic E-state index is 0.0651. The van der Waals surface area contributed by atoms with Gasteiger partial charge in [-0.3, -0.25) is 0 Å². The number of benzene rings is 1. The zero-order chi connectivity index (χ0) is 16.0. The van der Waals surface area contributed by atoms with E-state index in [4.69, 9.17) is 4.74 Å². The van der Waals surface area contributed by atoms with E-state index in [-0.39, 0.29) is 18.1 Å². The molecule has 1 rings (SSSR count). The highest BCUT2D eigenvalue weighted by atomic mass is 16.5. The first-order valence-corrected chi connectivity index (χ1v) is 7.85. The van der Waals surface area contributed by atoms with Crippen LogP contribution in [0.2, 0.25) is 0 Å². The maximum absolute atomic E-state index is 9.38. The van der Waals surface area contributed by atoms with Crippen molar-refractivity contribution in [1.29, 1.82) is 0 Å². The van der Waals surface area contributed by atoms with Crippen LogP contribution in [0.15, 0.2) is 18.2 Å². The van der Waals surface area contributed by atoms with Crippen LogP contribution in [0.3, 0.4) is 0 Å². The Morgan fingerprint density at radius 1 is 1.24 bits per heavy atom. The zero-order valence-corrected chi connectivity index (χ0v) is 14.4. The molecule has 3 nitrogen and oxygen atoms in total. The normalized spacial score (nSPS) is 13.5. The molecule has 1 unspecified atom stereocenters. The van der Waals surface area contributed by atoms with Gasteiger partial charge in [0.25, 0.3) is 0 Å². The Labute approximate surface area is 129 Å². The van der Waals surface area contributed by atoms with E-state index in [0.717, 1.165) is 12.2 Å². The summed E-state index contributed by atoms with van der Waals surface area (Å²) in [6.45, 7) is 13.6. The van der Waals surface area contributed by atoms with E-state index in [1.165, 1.54) is 11.1 Å². The summed E-state index contributed by atoms with van der Waals surface area (Å²) in [6.07, 6.45) is 0.798. The quantitative estimate of drug-likeness (QED) is 0.809. The Morgan fingerprint density at radius 3 is 2.43 bits per heavy atom. The molecule has 3 heteroatoms. The predicted octanol–water partition coefficient (Wildman–Crippen LogP) is 3.42. The first-order valence-electron chi connectivity index (χ1n) is 7.85. The zero-order valence-electron chi connectivity index (χ0n) is 14.4. The molecule has 0 aliphatic carbocycles. The highest BCUT2D eigenvalue weighted by molar-refractivity contribution is 5.41. The molecule has 0 fully saturated rings. The van der Waals surface area contributed by atoms with Crippen molar-refractivity contribution in [1.82, 2.24) is 5.32 Å². The van der Waals surface area contributed by atoms with Crippen LogP contribution in [0.4, 0.5) is 0 Å². The topological polar surface area (TPSA) is 41.5 Å². The van der Waals surface area contributed by atoms with Crippen molar-refractivity contribution >= 4 is 0 Å². The molecule has 0 saturated heterocycles. The first-order chi connectivity index (χ1) is 9.74. The molecule has 0 saturated carbocycles. The van der Waals surface area contributed by atoms with Crippen molar-refractivity contribution in [2.75, 3.05) is 13.2 Å². The summed E-state index contributed by atoms with van der Waals surface area (Å²) in [5.41, 5.74) is 2.50. The van der Waals surface area contributed by atoms with Crippen LogP contribution in [0.1, 0.15) is 52.2 Å². The van der Waals surface area contributed by atoms with Gasteiger partial charge in [-0.15, -0.1) is 0 Å². The van der Waals surface area contributed by atoms with Crippen molar-refractivity contribution in [2.24, 2.45) is 0 Å². The van der Waals surface area contributed by atoms with Gasteiger partial charge in [0.2, 0.25) is 0 Å². The average Bonchev–Trinajstić information content (AvgIpc) is 2.35.